The molecule has 0 bridgehead atoms. The number of alkyl halides is 1. The number of likely N-dealkylation sites (tertiary alicyclic amines) is 1. The first kappa shape index (κ1) is 26.4. The number of halogens is 2. The Hall–Kier alpha value is -3.20. The summed E-state index contributed by atoms with van der Waals surface area (Å²) >= 11 is 0. The fourth-order valence-electron chi connectivity index (χ4n) is 3.77. The van der Waals surface area contributed by atoms with Crippen molar-refractivity contribution in [2.75, 3.05) is 13.1 Å². The number of benzene rings is 2. The topological polar surface area (TPSA) is 79.9 Å². The zero-order chi connectivity index (χ0) is 25.4. The van der Waals surface area contributed by atoms with Crippen molar-refractivity contribution in [3.8, 4) is 0 Å². The lowest BCUT2D eigenvalue weighted by molar-refractivity contribution is 0.0522. The summed E-state index contributed by atoms with van der Waals surface area (Å²) in [6, 6.07) is 13.1. The molecule has 7 nitrogen and oxygen atoms in total. The van der Waals surface area contributed by atoms with Crippen LogP contribution in [0.25, 0.3) is 0 Å². The molecule has 2 N–H and O–H groups in total. The molecular formula is C26H33F2N3O4. The van der Waals surface area contributed by atoms with Crippen molar-refractivity contribution in [3.63, 3.8) is 0 Å². The highest BCUT2D eigenvalue weighted by atomic mass is 19.1. The van der Waals surface area contributed by atoms with E-state index in [4.69, 9.17) is 9.47 Å². The summed E-state index contributed by atoms with van der Waals surface area (Å²) in [6.07, 6.45) is -2.03. The van der Waals surface area contributed by atoms with Crippen LogP contribution in [0.4, 0.5) is 18.4 Å². The molecule has 35 heavy (non-hydrogen) atoms. The van der Waals surface area contributed by atoms with Gasteiger partial charge in [-0.1, -0.05) is 36.4 Å². The minimum Gasteiger partial charge on any atom is -0.445 e. The molecule has 1 aliphatic heterocycles. The van der Waals surface area contributed by atoms with Crippen molar-refractivity contribution in [2.24, 2.45) is 0 Å². The molecule has 0 aromatic heterocycles. The molecule has 9 heteroatoms. The minimum atomic E-state index is -1.30. The van der Waals surface area contributed by atoms with Crippen molar-refractivity contribution < 1.29 is 27.8 Å². The Morgan fingerprint density at radius 2 is 1.83 bits per heavy atom. The van der Waals surface area contributed by atoms with Crippen molar-refractivity contribution in [1.29, 1.82) is 0 Å². The maximum absolute atomic E-state index is 14.9. The number of ether oxygens (including phenoxy) is 2. The fourth-order valence-corrected chi connectivity index (χ4v) is 3.77. The molecule has 2 unspecified atom stereocenters. The lowest BCUT2D eigenvalue weighted by Crippen LogP contribution is -2.52. The predicted molar refractivity (Wildman–Crippen MR) is 128 cm³/mol. The van der Waals surface area contributed by atoms with E-state index < -0.39 is 35.8 Å². The van der Waals surface area contributed by atoms with Gasteiger partial charge in [-0.3, -0.25) is 0 Å². The first-order valence-electron chi connectivity index (χ1n) is 11.7. The first-order valence-corrected chi connectivity index (χ1v) is 11.7. The molecule has 2 aromatic carbocycles. The van der Waals surface area contributed by atoms with Gasteiger partial charge >= 0.3 is 12.2 Å². The van der Waals surface area contributed by atoms with Crippen LogP contribution in [-0.2, 0) is 29.2 Å². The van der Waals surface area contributed by atoms with Gasteiger partial charge in [0.1, 0.15) is 24.2 Å². The van der Waals surface area contributed by atoms with Crippen LogP contribution < -0.4 is 10.6 Å². The van der Waals surface area contributed by atoms with Crippen LogP contribution in [0.15, 0.2) is 48.5 Å². The van der Waals surface area contributed by atoms with Gasteiger partial charge in [0.05, 0.1) is 6.54 Å². The quantitative estimate of drug-likeness (QED) is 0.590. The van der Waals surface area contributed by atoms with E-state index >= 15 is 0 Å². The molecule has 0 radical (unpaired) electrons. The number of alkyl carbamates (subject to hydrolysis) is 1. The Morgan fingerprint density at radius 3 is 2.51 bits per heavy atom. The number of hydrogen-bond acceptors (Lipinski definition) is 5. The lowest BCUT2D eigenvalue weighted by Gasteiger charge is -2.34. The zero-order valence-electron chi connectivity index (χ0n) is 20.4. The van der Waals surface area contributed by atoms with Gasteiger partial charge in [-0.15, -0.1) is 0 Å². The van der Waals surface area contributed by atoms with Gasteiger partial charge in [-0.05, 0) is 56.0 Å². The number of hydrogen-bond donors (Lipinski definition) is 2. The summed E-state index contributed by atoms with van der Waals surface area (Å²) in [5.74, 6) is -0.421. The number of carbonyl (C=O) groups excluding carboxylic acids is 2. The van der Waals surface area contributed by atoms with Crippen LogP contribution in [0.1, 0.15) is 43.9 Å². The molecular weight excluding hydrogens is 456 g/mol. The van der Waals surface area contributed by atoms with Crippen LogP contribution in [0.3, 0.4) is 0 Å². The Labute approximate surface area is 204 Å². The van der Waals surface area contributed by atoms with E-state index in [1.807, 2.05) is 30.3 Å². The molecule has 3 rings (SSSR count). The minimum absolute atomic E-state index is 0.0818. The van der Waals surface area contributed by atoms with E-state index in [1.165, 1.54) is 17.0 Å². The van der Waals surface area contributed by atoms with Crippen LogP contribution in [0, 0.1) is 5.82 Å². The molecule has 2 aromatic rings. The third kappa shape index (κ3) is 8.51. The van der Waals surface area contributed by atoms with E-state index in [0.29, 0.717) is 24.1 Å². The van der Waals surface area contributed by atoms with Crippen LogP contribution in [0.2, 0.25) is 0 Å². The highest BCUT2D eigenvalue weighted by molar-refractivity contribution is 5.68. The molecule has 1 saturated heterocycles. The van der Waals surface area contributed by atoms with E-state index in [1.54, 1.807) is 26.8 Å². The third-order valence-electron chi connectivity index (χ3n) is 5.55. The van der Waals surface area contributed by atoms with E-state index in [9.17, 15) is 18.4 Å². The summed E-state index contributed by atoms with van der Waals surface area (Å²) in [5, 5.41) is 5.79. The van der Waals surface area contributed by atoms with Gasteiger partial charge in [0, 0.05) is 25.7 Å². The summed E-state index contributed by atoms with van der Waals surface area (Å²) < 4.78 is 39.3. The highest BCUT2D eigenvalue weighted by Gasteiger charge is 2.32. The summed E-state index contributed by atoms with van der Waals surface area (Å²) in [6.45, 7) is 6.06. The summed E-state index contributed by atoms with van der Waals surface area (Å²) in [4.78, 5) is 25.7. The van der Waals surface area contributed by atoms with Crippen molar-refractivity contribution in [1.82, 2.24) is 15.5 Å². The smallest absolute Gasteiger partial charge is 0.410 e. The van der Waals surface area contributed by atoms with Crippen molar-refractivity contribution in [3.05, 3.63) is 71.0 Å². The molecule has 2 amide bonds. The number of nitrogens with zero attached hydrogens (tertiary/aromatic N) is 1. The summed E-state index contributed by atoms with van der Waals surface area (Å²) in [5.41, 5.74) is 1.54. The molecule has 2 atom stereocenters. The first-order chi connectivity index (χ1) is 16.6. The second kappa shape index (κ2) is 12.0. The van der Waals surface area contributed by atoms with Crippen molar-refractivity contribution >= 4 is 12.2 Å². The molecule has 1 aliphatic rings. The van der Waals surface area contributed by atoms with Crippen molar-refractivity contribution in [2.45, 2.75) is 64.7 Å². The average Bonchev–Trinajstić information content (AvgIpc) is 2.80. The van der Waals surface area contributed by atoms with Gasteiger partial charge in [0.15, 0.2) is 0 Å². The number of carbonyl (C=O) groups is 2. The second-order valence-electron chi connectivity index (χ2n) is 9.55. The predicted octanol–water partition coefficient (Wildman–Crippen LogP) is 4.69. The number of nitrogens with one attached hydrogen (secondary N) is 2. The number of rotatable bonds is 7. The Kier molecular flexibility index (Phi) is 9.03. The second-order valence-corrected chi connectivity index (χ2v) is 9.55. The highest BCUT2D eigenvalue weighted by Crippen LogP contribution is 2.18. The third-order valence-corrected chi connectivity index (χ3v) is 5.55. The number of piperidine rings is 1. The number of amides is 2. The molecule has 1 fully saturated rings. The van der Waals surface area contributed by atoms with E-state index in [0.717, 1.165) is 5.56 Å². The molecule has 0 saturated carbocycles. The molecule has 0 aliphatic carbocycles. The lowest BCUT2D eigenvalue weighted by atomic mass is 10.0. The monoisotopic (exact) mass is 489 g/mol. The molecule has 0 spiro atoms. The van der Waals surface area contributed by atoms with Gasteiger partial charge in [-0.25, -0.2) is 18.4 Å². The van der Waals surface area contributed by atoms with Gasteiger partial charge in [0.25, 0.3) is 0 Å². The maximum atomic E-state index is 14.9. The Balaban J connectivity index is 1.49. The van der Waals surface area contributed by atoms with Gasteiger partial charge in [-0.2, -0.15) is 0 Å². The normalized spacial score (nSPS) is 18.1. The van der Waals surface area contributed by atoms with Crippen LogP contribution in [-0.4, -0.2) is 48.0 Å². The average molecular weight is 490 g/mol. The fraction of sp³-hybridized carbons (Fsp3) is 0.462. The molecule has 190 valence electrons. The SMILES string of the molecule is CC(C)(C)OC(=O)NCc1ccc(F)cc1CNC1CCN(C(=O)OCc2ccccc2)CC1F. The standard InChI is InChI=1S/C26H33F2N3O4/c1-26(2,3)35-24(32)30-14-19-9-10-21(27)13-20(19)15-29-23-11-12-31(16-22(23)28)25(33)34-17-18-7-5-4-6-8-18/h4-10,13,22-23,29H,11-12,14-17H2,1-3H3,(H,30,32). The largest absolute Gasteiger partial charge is 0.445 e. The zero-order valence-corrected chi connectivity index (χ0v) is 20.4. The van der Waals surface area contributed by atoms with E-state index in [2.05, 4.69) is 10.6 Å². The molecule has 1 heterocycles. The van der Waals surface area contributed by atoms with Gasteiger partial charge in [0.2, 0.25) is 0 Å². The Bertz CT molecular complexity index is 998. The van der Waals surface area contributed by atoms with Crippen LogP contribution >= 0.6 is 0 Å². The summed E-state index contributed by atoms with van der Waals surface area (Å²) in [7, 11) is 0. The van der Waals surface area contributed by atoms with Crippen LogP contribution in [0.5, 0.6) is 0 Å². The maximum Gasteiger partial charge on any atom is 0.410 e. The van der Waals surface area contributed by atoms with Gasteiger partial charge < -0.3 is 25.0 Å². The Morgan fingerprint density at radius 1 is 1.09 bits per heavy atom. The van der Waals surface area contributed by atoms with E-state index in [-0.39, 0.29) is 26.2 Å².